The van der Waals surface area contributed by atoms with Gasteiger partial charge in [-0.25, -0.2) is 4.79 Å². The topological polar surface area (TPSA) is 55.4 Å². The maximum absolute atomic E-state index is 12.1. The second-order valence-electron chi connectivity index (χ2n) is 4.48. The highest BCUT2D eigenvalue weighted by molar-refractivity contribution is 9.10. The monoisotopic (exact) mass is 347 g/mol. The van der Waals surface area contributed by atoms with E-state index in [1.54, 1.807) is 30.3 Å². The molecule has 2 aromatic rings. The van der Waals surface area contributed by atoms with Crippen molar-refractivity contribution in [1.29, 1.82) is 0 Å². The number of carbonyl (C=O) groups excluding carboxylic acids is 2. The summed E-state index contributed by atoms with van der Waals surface area (Å²) >= 11 is 3.33. The maximum atomic E-state index is 12.1. The highest BCUT2D eigenvalue weighted by Crippen LogP contribution is 2.19. The average Bonchev–Trinajstić information content (AvgIpc) is 2.49. The van der Waals surface area contributed by atoms with Crippen LogP contribution in [-0.4, -0.2) is 19.0 Å². The molecular formula is C16H14BrNO3. The third kappa shape index (κ3) is 3.70. The fraction of sp³-hybridized carbons (Fsp3) is 0.125. The zero-order valence-electron chi connectivity index (χ0n) is 11.6. The molecule has 0 aliphatic rings. The first-order valence-corrected chi connectivity index (χ1v) is 7.06. The van der Waals surface area contributed by atoms with Crippen LogP contribution >= 0.6 is 15.9 Å². The summed E-state index contributed by atoms with van der Waals surface area (Å²) in [6.45, 7) is 1.82. The Balaban J connectivity index is 2.18. The van der Waals surface area contributed by atoms with E-state index in [0.29, 0.717) is 16.8 Å². The lowest BCUT2D eigenvalue weighted by molar-refractivity contribution is 0.0600. The standard InChI is InChI=1S/C16H14BrNO3/c1-10-9-12(16(20)21-2)5-8-14(10)18-15(19)11-3-6-13(17)7-4-11/h3-9H,1-2H3,(H,18,19). The molecule has 0 saturated carbocycles. The van der Waals surface area contributed by atoms with Crippen molar-refractivity contribution in [2.24, 2.45) is 0 Å². The average molecular weight is 348 g/mol. The number of rotatable bonds is 3. The molecule has 0 aliphatic heterocycles. The van der Waals surface area contributed by atoms with E-state index in [0.717, 1.165) is 10.0 Å². The summed E-state index contributed by atoms with van der Waals surface area (Å²) in [5.41, 5.74) is 2.48. The van der Waals surface area contributed by atoms with Crippen molar-refractivity contribution in [3.8, 4) is 0 Å². The largest absolute Gasteiger partial charge is 0.465 e. The van der Waals surface area contributed by atoms with Crippen LogP contribution in [0.1, 0.15) is 26.3 Å². The first kappa shape index (κ1) is 15.3. The second-order valence-corrected chi connectivity index (χ2v) is 5.40. The van der Waals surface area contributed by atoms with E-state index < -0.39 is 5.97 Å². The van der Waals surface area contributed by atoms with E-state index in [4.69, 9.17) is 0 Å². The normalized spacial score (nSPS) is 10.0. The molecule has 0 fully saturated rings. The van der Waals surface area contributed by atoms with E-state index in [2.05, 4.69) is 26.0 Å². The van der Waals surface area contributed by atoms with Gasteiger partial charge in [0.1, 0.15) is 0 Å². The number of methoxy groups -OCH3 is 1. The molecular weight excluding hydrogens is 334 g/mol. The lowest BCUT2D eigenvalue weighted by Gasteiger charge is -2.10. The predicted molar refractivity (Wildman–Crippen MR) is 84.6 cm³/mol. The van der Waals surface area contributed by atoms with Crippen LogP contribution in [0.15, 0.2) is 46.9 Å². The van der Waals surface area contributed by atoms with Gasteiger partial charge in [0.15, 0.2) is 0 Å². The van der Waals surface area contributed by atoms with Crippen molar-refractivity contribution < 1.29 is 14.3 Å². The van der Waals surface area contributed by atoms with E-state index in [9.17, 15) is 9.59 Å². The molecule has 0 unspecified atom stereocenters. The Morgan fingerprint density at radius 1 is 1.05 bits per heavy atom. The highest BCUT2D eigenvalue weighted by Gasteiger charge is 2.10. The van der Waals surface area contributed by atoms with Crippen molar-refractivity contribution in [1.82, 2.24) is 0 Å². The lowest BCUT2D eigenvalue weighted by atomic mass is 10.1. The summed E-state index contributed by atoms with van der Waals surface area (Å²) in [7, 11) is 1.33. The number of hydrogen-bond acceptors (Lipinski definition) is 3. The third-order valence-corrected chi connectivity index (χ3v) is 3.53. The molecule has 108 valence electrons. The minimum absolute atomic E-state index is 0.198. The van der Waals surface area contributed by atoms with Crippen molar-refractivity contribution in [2.45, 2.75) is 6.92 Å². The molecule has 2 aromatic carbocycles. The smallest absolute Gasteiger partial charge is 0.337 e. The molecule has 4 nitrogen and oxygen atoms in total. The van der Waals surface area contributed by atoms with Crippen LogP contribution in [0.2, 0.25) is 0 Å². The van der Waals surface area contributed by atoms with Gasteiger partial charge in [0.25, 0.3) is 5.91 Å². The van der Waals surface area contributed by atoms with Gasteiger partial charge in [-0.3, -0.25) is 4.79 Å². The number of amides is 1. The summed E-state index contributed by atoms with van der Waals surface area (Å²) < 4.78 is 5.58. The molecule has 0 atom stereocenters. The van der Waals surface area contributed by atoms with Gasteiger partial charge >= 0.3 is 5.97 Å². The van der Waals surface area contributed by atoms with Gasteiger partial charge in [-0.2, -0.15) is 0 Å². The molecule has 0 bridgehead atoms. The van der Waals surface area contributed by atoms with Gasteiger partial charge in [0, 0.05) is 15.7 Å². The first-order valence-electron chi connectivity index (χ1n) is 6.27. The Kier molecular flexibility index (Phi) is 4.75. The Labute approximate surface area is 131 Å². The number of hydrogen-bond donors (Lipinski definition) is 1. The summed E-state index contributed by atoms with van der Waals surface area (Å²) in [5.74, 6) is -0.597. The van der Waals surface area contributed by atoms with Crippen LogP contribution in [0.25, 0.3) is 0 Å². The molecule has 1 N–H and O–H groups in total. The van der Waals surface area contributed by atoms with Crippen LogP contribution in [0, 0.1) is 6.92 Å². The number of nitrogens with one attached hydrogen (secondary N) is 1. The van der Waals surface area contributed by atoms with Gasteiger partial charge < -0.3 is 10.1 Å². The maximum Gasteiger partial charge on any atom is 0.337 e. The Morgan fingerprint density at radius 3 is 2.24 bits per heavy atom. The fourth-order valence-corrected chi connectivity index (χ4v) is 2.11. The number of carbonyl (C=O) groups is 2. The van der Waals surface area contributed by atoms with E-state index in [1.165, 1.54) is 7.11 Å². The van der Waals surface area contributed by atoms with Crippen LogP contribution in [-0.2, 0) is 4.74 Å². The summed E-state index contributed by atoms with van der Waals surface area (Å²) in [5, 5.41) is 2.82. The van der Waals surface area contributed by atoms with Crippen molar-refractivity contribution >= 4 is 33.5 Å². The Hall–Kier alpha value is -2.14. The second kappa shape index (κ2) is 6.54. The van der Waals surface area contributed by atoms with E-state index in [-0.39, 0.29) is 5.91 Å². The number of anilines is 1. The zero-order valence-corrected chi connectivity index (χ0v) is 13.2. The SMILES string of the molecule is COC(=O)c1ccc(NC(=O)c2ccc(Br)cc2)c(C)c1. The number of halogens is 1. The number of esters is 1. The Morgan fingerprint density at radius 2 is 1.67 bits per heavy atom. The van der Waals surface area contributed by atoms with Gasteiger partial charge in [-0.05, 0) is 55.0 Å². The quantitative estimate of drug-likeness (QED) is 0.859. The summed E-state index contributed by atoms with van der Waals surface area (Å²) in [4.78, 5) is 23.6. The highest BCUT2D eigenvalue weighted by atomic mass is 79.9. The Bertz CT molecular complexity index is 680. The first-order chi connectivity index (χ1) is 10.0. The third-order valence-electron chi connectivity index (χ3n) is 3.00. The number of ether oxygens (including phenoxy) is 1. The predicted octanol–water partition coefficient (Wildman–Crippen LogP) is 3.80. The molecule has 2 rings (SSSR count). The molecule has 0 radical (unpaired) electrons. The van der Waals surface area contributed by atoms with Gasteiger partial charge in [-0.15, -0.1) is 0 Å². The molecule has 21 heavy (non-hydrogen) atoms. The lowest BCUT2D eigenvalue weighted by Crippen LogP contribution is -2.13. The van der Waals surface area contributed by atoms with Crippen LogP contribution in [0.3, 0.4) is 0 Å². The van der Waals surface area contributed by atoms with Crippen molar-refractivity contribution in [3.63, 3.8) is 0 Å². The molecule has 0 spiro atoms. The van der Waals surface area contributed by atoms with E-state index >= 15 is 0 Å². The molecule has 1 amide bonds. The number of benzene rings is 2. The molecule has 0 aliphatic carbocycles. The van der Waals surface area contributed by atoms with E-state index in [1.807, 2.05) is 19.1 Å². The molecule has 5 heteroatoms. The number of aryl methyl sites for hydroxylation is 1. The zero-order chi connectivity index (χ0) is 15.4. The van der Waals surface area contributed by atoms with Crippen LogP contribution in [0.4, 0.5) is 5.69 Å². The summed E-state index contributed by atoms with van der Waals surface area (Å²) in [6, 6.07) is 12.1. The van der Waals surface area contributed by atoms with Crippen molar-refractivity contribution in [2.75, 3.05) is 12.4 Å². The fourth-order valence-electron chi connectivity index (χ4n) is 1.84. The van der Waals surface area contributed by atoms with Crippen LogP contribution < -0.4 is 5.32 Å². The molecule has 0 saturated heterocycles. The van der Waals surface area contributed by atoms with Gasteiger partial charge in [0.05, 0.1) is 12.7 Å². The van der Waals surface area contributed by atoms with Crippen molar-refractivity contribution in [3.05, 3.63) is 63.6 Å². The minimum atomic E-state index is -0.399. The minimum Gasteiger partial charge on any atom is -0.465 e. The molecule has 0 heterocycles. The van der Waals surface area contributed by atoms with Crippen LogP contribution in [0.5, 0.6) is 0 Å². The summed E-state index contributed by atoms with van der Waals surface area (Å²) in [6.07, 6.45) is 0. The van der Waals surface area contributed by atoms with Gasteiger partial charge in [0.2, 0.25) is 0 Å². The van der Waals surface area contributed by atoms with Gasteiger partial charge in [-0.1, -0.05) is 15.9 Å². The molecule has 0 aromatic heterocycles.